The Morgan fingerprint density at radius 1 is 0.700 bits per heavy atom. The molecule has 0 aromatic rings. The summed E-state index contributed by atoms with van der Waals surface area (Å²) in [5.41, 5.74) is -0.287. The quantitative estimate of drug-likeness (QED) is 0.124. The third-order valence-electron chi connectivity index (χ3n) is 4.50. The van der Waals surface area contributed by atoms with Crippen molar-refractivity contribution in [2.75, 3.05) is 0 Å². The minimum atomic E-state index is -0.621. The Morgan fingerprint density at radius 3 is 1.73 bits per heavy atom. The van der Waals surface area contributed by atoms with E-state index in [-0.39, 0.29) is 36.4 Å². The summed E-state index contributed by atoms with van der Waals surface area (Å²) in [6, 6.07) is 0. The number of hydrogen-bond acceptors (Lipinski definition) is 7. The number of nitro groups is 3. The van der Waals surface area contributed by atoms with E-state index in [1.807, 2.05) is 6.92 Å². The van der Waals surface area contributed by atoms with E-state index < -0.39 is 14.8 Å². The van der Waals surface area contributed by atoms with Crippen molar-refractivity contribution in [1.29, 1.82) is 0 Å². The fourth-order valence-corrected chi connectivity index (χ4v) is 2.77. The smallest absolute Gasteiger partial charge is 0.246 e. The van der Waals surface area contributed by atoms with Gasteiger partial charge in [-0.1, -0.05) is 32.6 Å². The second-order valence-corrected chi connectivity index (χ2v) is 6.87. The van der Waals surface area contributed by atoms with Crippen LogP contribution in [0.5, 0.6) is 0 Å². The number of aldehydes is 1. The molecular weight excluding hydrogens is 394 g/mol. The second kappa shape index (κ2) is 17.0. The van der Waals surface area contributed by atoms with Crippen LogP contribution in [0.25, 0.3) is 0 Å². The molecule has 0 saturated carbocycles. The average Bonchev–Trinajstić information content (AvgIpc) is 2.69. The first-order valence-corrected chi connectivity index (χ1v) is 10.3. The van der Waals surface area contributed by atoms with Crippen LogP contribution in [-0.4, -0.2) is 21.1 Å². The molecule has 0 aliphatic heterocycles. The summed E-state index contributed by atoms with van der Waals surface area (Å²) in [5, 5.41) is 33.4. The summed E-state index contributed by atoms with van der Waals surface area (Å²) in [6.45, 7) is 1.99. The van der Waals surface area contributed by atoms with Gasteiger partial charge in [0, 0.05) is 19.3 Å². The van der Waals surface area contributed by atoms with Crippen LogP contribution in [0.3, 0.4) is 0 Å². The molecule has 0 radical (unpaired) electrons. The Bertz CT molecular complexity index is 669. The average molecular weight is 425 g/mol. The summed E-state index contributed by atoms with van der Waals surface area (Å²) in [7, 11) is 0. The molecule has 168 valence electrons. The van der Waals surface area contributed by atoms with Crippen LogP contribution in [0.4, 0.5) is 0 Å². The van der Waals surface area contributed by atoms with Gasteiger partial charge in [-0.15, -0.1) is 0 Å². The molecule has 10 nitrogen and oxygen atoms in total. The number of nitrogens with zero attached hydrogens (tertiary/aromatic N) is 3. The van der Waals surface area contributed by atoms with Crippen LogP contribution in [0.15, 0.2) is 35.3 Å². The Labute approximate surface area is 176 Å². The lowest BCUT2D eigenvalue weighted by molar-refractivity contribution is -0.432. The SMILES string of the molecule is CCCCC/C(=C\C/C=C(\C/C=C(\CCCCCCC=O)[N+](=O)[O-])[N+](=O)[O-])[N+](=O)[O-]. The van der Waals surface area contributed by atoms with Gasteiger partial charge in [-0.25, -0.2) is 0 Å². The summed E-state index contributed by atoms with van der Waals surface area (Å²) < 4.78 is 0. The number of allylic oxidation sites excluding steroid dienone is 5. The predicted molar refractivity (Wildman–Crippen MR) is 112 cm³/mol. The van der Waals surface area contributed by atoms with Gasteiger partial charge in [0.25, 0.3) is 0 Å². The molecule has 0 bridgehead atoms. The monoisotopic (exact) mass is 425 g/mol. The lowest BCUT2D eigenvalue weighted by atomic mass is 10.1. The molecule has 0 saturated heterocycles. The molecule has 0 aliphatic carbocycles. The molecule has 30 heavy (non-hydrogen) atoms. The van der Waals surface area contributed by atoms with Crippen molar-refractivity contribution in [1.82, 2.24) is 0 Å². The maximum atomic E-state index is 11.2. The molecule has 0 N–H and O–H groups in total. The van der Waals surface area contributed by atoms with Crippen LogP contribution in [-0.2, 0) is 4.79 Å². The van der Waals surface area contributed by atoms with Crippen LogP contribution >= 0.6 is 0 Å². The van der Waals surface area contributed by atoms with Crippen LogP contribution < -0.4 is 0 Å². The fourth-order valence-electron chi connectivity index (χ4n) is 2.77. The first-order valence-electron chi connectivity index (χ1n) is 10.3. The third kappa shape index (κ3) is 13.3. The van der Waals surface area contributed by atoms with Crippen LogP contribution in [0, 0.1) is 30.3 Å². The van der Waals surface area contributed by atoms with Gasteiger partial charge in [0.1, 0.15) is 6.29 Å². The standard InChI is InChI=1S/C20H31N3O7/c1-2-3-7-11-18(21(25)26)13-10-14-20(23(29)30)16-15-19(22(27)28)12-8-5-4-6-9-17-24/h13-15,17H,2-12,16H2,1H3/b18-13+,19-15+,20-14+. The van der Waals surface area contributed by atoms with Crippen LogP contribution in [0.1, 0.15) is 84.0 Å². The highest BCUT2D eigenvalue weighted by molar-refractivity contribution is 5.48. The van der Waals surface area contributed by atoms with Gasteiger partial charge in [-0.3, -0.25) is 30.3 Å². The van der Waals surface area contributed by atoms with E-state index in [1.165, 1.54) is 18.2 Å². The molecule has 0 aromatic carbocycles. The zero-order valence-corrected chi connectivity index (χ0v) is 17.5. The first-order chi connectivity index (χ1) is 14.3. The number of hydrogen-bond donors (Lipinski definition) is 0. The van der Waals surface area contributed by atoms with Gasteiger partial charge in [0.2, 0.25) is 17.1 Å². The molecule has 0 heterocycles. The molecule has 10 heteroatoms. The van der Waals surface area contributed by atoms with Crippen molar-refractivity contribution in [2.24, 2.45) is 0 Å². The van der Waals surface area contributed by atoms with Crippen LogP contribution in [0.2, 0.25) is 0 Å². The minimum absolute atomic E-state index is 0.0249. The molecule has 0 amide bonds. The normalized spacial score (nSPS) is 12.6. The van der Waals surface area contributed by atoms with E-state index in [1.54, 1.807) is 0 Å². The fraction of sp³-hybridized carbons (Fsp3) is 0.650. The maximum Gasteiger partial charge on any atom is 0.246 e. The zero-order valence-electron chi connectivity index (χ0n) is 17.5. The topological polar surface area (TPSA) is 146 Å². The van der Waals surface area contributed by atoms with E-state index in [0.29, 0.717) is 25.7 Å². The third-order valence-corrected chi connectivity index (χ3v) is 4.50. The van der Waals surface area contributed by atoms with E-state index in [4.69, 9.17) is 0 Å². The molecular formula is C20H31N3O7. The predicted octanol–water partition coefficient (Wildman–Crippen LogP) is 5.37. The van der Waals surface area contributed by atoms with E-state index in [9.17, 15) is 35.1 Å². The van der Waals surface area contributed by atoms with Crippen molar-refractivity contribution >= 4 is 6.29 Å². The molecule has 0 aliphatic rings. The van der Waals surface area contributed by atoms with Gasteiger partial charge < -0.3 is 4.79 Å². The van der Waals surface area contributed by atoms with Gasteiger partial charge >= 0.3 is 0 Å². The highest BCUT2D eigenvalue weighted by atomic mass is 16.6. The Balaban J connectivity index is 4.93. The number of rotatable bonds is 18. The van der Waals surface area contributed by atoms with Gasteiger partial charge in [0.15, 0.2) is 0 Å². The van der Waals surface area contributed by atoms with Crippen molar-refractivity contribution in [3.8, 4) is 0 Å². The second-order valence-electron chi connectivity index (χ2n) is 6.87. The summed E-state index contributed by atoms with van der Waals surface area (Å²) in [5.74, 6) is 0. The Hall–Kier alpha value is -2.91. The molecule has 0 rings (SSSR count). The lowest BCUT2D eigenvalue weighted by Gasteiger charge is -2.00. The molecule has 0 aromatic heterocycles. The van der Waals surface area contributed by atoms with Crippen molar-refractivity contribution < 1.29 is 19.6 Å². The Kier molecular flexibility index (Phi) is 15.3. The van der Waals surface area contributed by atoms with Crippen molar-refractivity contribution in [2.45, 2.75) is 84.0 Å². The summed E-state index contributed by atoms with van der Waals surface area (Å²) in [4.78, 5) is 42.1. The molecule has 0 atom stereocenters. The molecule has 0 spiro atoms. The number of unbranched alkanes of at least 4 members (excludes halogenated alkanes) is 6. The summed E-state index contributed by atoms with van der Waals surface area (Å²) >= 11 is 0. The van der Waals surface area contributed by atoms with E-state index >= 15 is 0 Å². The lowest BCUT2D eigenvalue weighted by Crippen LogP contribution is -2.02. The Morgan fingerprint density at radius 2 is 1.20 bits per heavy atom. The summed E-state index contributed by atoms with van der Waals surface area (Å²) in [6.07, 6.45) is 10.8. The number of carbonyl (C=O) groups is 1. The first kappa shape index (κ1) is 27.1. The van der Waals surface area contributed by atoms with E-state index in [2.05, 4.69) is 0 Å². The maximum absolute atomic E-state index is 11.2. The number of carbonyl (C=O) groups excluding carboxylic acids is 1. The molecule has 0 fully saturated rings. The zero-order chi connectivity index (χ0) is 22.8. The highest BCUT2D eigenvalue weighted by Crippen LogP contribution is 2.16. The largest absolute Gasteiger partial charge is 0.303 e. The van der Waals surface area contributed by atoms with E-state index in [0.717, 1.165) is 38.4 Å². The molecule has 0 unspecified atom stereocenters. The van der Waals surface area contributed by atoms with Gasteiger partial charge in [-0.2, -0.15) is 0 Å². The van der Waals surface area contributed by atoms with Gasteiger partial charge in [0.05, 0.1) is 21.2 Å². The van der Waals surface area contributed by atoms with Gasteiger partial charge in [-0.05, 0) is 43.9 Å². The highest BCUT2D eigenvalue weighted by Gasteiger charge is 2.15. The minimum Gasteiger partial charge on any atom is -0.303 e. The van der Waals surface area contributed by atoms with Crippen molar-refractivity contribution in [3.05, 3.63) is 65.7 Å². The van der Waals surface area contributed by atoms with Crippen molar-refractivity contribution in [3.63, 3.8) is 0 Å².